The summed E-state index contributed by atoms with van der Waals surface area (Å²) in [6.07, 6.45) is 0.556. The number of hydrogen-bond donors (Lipinski definition) is 2. The van der Waals surface area contributed by atoms with Crippen molar-refractivity contribution in [2.24, 2.45) is 5.41 Å². The number of piperidine rings is 1. The molecule has 1 unspecified atom stereocenters. The molecule has 1 spiro atoms. The van der Waals surface area contributed by atoms with Crippen LogP contribution >= 0.6 is 0 Å². The first kappa shape index (κ1) is 11.3. The lowest BCUT2D eigenvalue weighted by molar-refractivity contribution is -0.153. The summed E-state index contributed by atoms with van der Waals surface area (Å²) in [5.74, 6) is -1.48. The fourth-order valence-corrected chi connectivity index (χ4v) is 2.77. The van der Waals surface area contributed by atoms with Crippen LogP contribution in [-0.4, -0.2) is 47.7 Å². The van der Waals surface area contributed by atoms with Gasteiger partial charge in [0.2, 0.25) is 23.6 Å². The Balaban J connectivity index is 1.84. The predicted octanol–water partition coefficient (Wildman–Crippen LogP) is -1.86. The number of nitrogens with zero attached hydrogens (tertiary/aromatic N) is 1. The van der Waals surface area contributed by atoms with Crippen molar-refractivity contribution in [3.8, 4) is 0 Å². The minimum absolute atomic E-state index is 0.163. The summed E-state index contributed by atoms with van der Waals surface area (Å²) >= 11 is 0. The third kappa shape index (κ3) is 1.40. The summed E-state index contributed by atoms with van der Waals surface area (Å²) < 4.78 is 0. The molecule has 7 nitrogen and oxygen atoms in total. The van der Waals surface area contributed by atoms with Crippen LogP contribution in [0, 0.1) is 5.41 Å². The van der Waals surface area contributed by atoms with Crippen molar-refractivity contribution in [1.29, 1.82) is 0 Å². The SMILES string of the molecule is O=C1CCC(N2C(=O)CC3(CNC3)C2=O)C(=O)N1. The van der Waals surface area contributed by atoms with E-state index in [9.17, 15) is 19.2 Å². The lowest BCUT2D eigenvalue weighted by Crippen LogP contribution is -2.60. The first-order valence-electron chi connectivity index (χ1n) is 5.94. The molecular weight excluding hydrogens is 238 g/mol. The summed E-state index contributed by atoms with van der Waals surface area (Å²) in [6, 6.07) is -0.817. The van der Waals surface area contributed by atoms with E-state index in [1.807, 2.05) is 0 Å². The zero-order valence-electron chi connectivity index (χ0n) is 9.69. The molecule has 0 aromatic heterocycles. The van der Waals surface area contributed by atoms with E-state index in [0.29, 0.717) is 13.1 Å². The number of carbonyl (C=O) groups is 4. The lowest BCUT2D eigenvalue weighted by Gasteiger charge is -2.37. The maximum atomic E-state index is 12.2. The zero-order chi connectivity index (χ0) is 12.9. The van der Waals surface area contributed by atoms with Crippen molar-refractivity contribution < 1.29 is 19.2 Å². The van der Waals surface area contributed by atoms with Gasteiger partial charge in [0, 0.05) is 25.9 Å². The molecule has 3 heterocycles. The Bertz CT molecular complexity index is 469. The molecule has 18 heavy (non-hydrogen) atoms. The van der Waals surface area contributed by atoms with E-state index in [0.717, 1.165) is 4.90 Å². The molecule has 96 valence electrons. The molecule has 0 aromatic rings. The molecule has 7 heteroatoms. The van der Waals surface area contributed by atoms with Gasteiger partial charge in [-0.05, 0) is 6.42 Å². The van der Waals surface area contributed by atoms with Gasteiger partial charge in [-0.3, -0.25) is 29.4 Å². The molecule has 3 fully saturated rings. The third-order valence-electron chi connectivity index (χ3n) is 3.88. The van der Waals surface area contributed by atoms with Crippen LogP contribution in [0.5, 0.6) is 0 Å². The Hall–Kier alpha value is -1.76. The van der Waals surface area contributed by atoms with Gasteiger partial charge in [0.1, 0.15) is 6.04 Å². The highest BCUT2D eigenvalue weighted by Gasteiger charge is 2.57. The Labute approximate surface area is 103 Å². The molecule has 3 aliphatic rings. The maximum Gasteiger partial charge on any atom is 0.249 e. The van der Waals surface area contributed by atoms with Gasteiger partial charge in [0.15, 0.2) is 0 Å². The monoisotopic (exact) mass is 251 g/mol. The number of hydrogen-bond acceptors (Lipinski definition) is 5. The highest BCUT2D eigenvalue weighted by atomic mass is 16.2. The van der Waals surface area contributed by atoms with Crippen LogP contribution in [0.1, 0.15) is 19.3 Å². The van der Waals surface area contributed by atoms with E-state index < -0.39 is 17.4 Å². The van der Waals surface area contributed by atoms with Gasteiger partial charge in [-0.1, -0.05) is 0 Å². The molecule has 3 saturated heterocycles. The number of carbonyl (C=O) groups excluding carboxylic acids is 4. The van der Waals surface area contributed by atoms with Crippen molar-refractivity contribution in [3.63, 3.8) is 0 Å². The molecule has 0 aliphatic carbocycles. The van der Waals surface area contributed by atoms with Crippen LogP contribution in [0.25, 0.3) is 0 Å². The van der Waals surface area contributed by atoms with E-state index in [2.05, 4.69) is 10.6 Å². The normalized spacial score (nSPS) is 30.7. The topological polar surface area (TPSA) is 95.6 Å². The van der Waals surface area contributed by atoms with Crippen molar-refractivity contribution in [2.45, 2.75) is 25.3 Å². The fourth-order valence-electron chi connectivity index (χ4n) is 2.77. The standard InChI is InChI=1S/C11H13N3O4/c15-7-2-1-6(9(17)13-7)14-8(16)3-11(10(14)18)4-12-5-11/h6,12H,1-5H2,(H,13,15,17). The molecule has 0 aromatic carbocycles. The fraction of sp³-hybridized carbons (Fsp3) is 0.636. The number of rotatable bonds is 1. The molecule has 4 amide bonds. The van der Waals surface area contributed by atoms with Crippen LogP contribution in [0.3, 0.4) is 0 Å². The zero-order valence-corrected chi connectivity index (χ0v) is 9.69. The Kier molecular flexibility index (Phi) is 2.28. The lowest BCUT2D eigenvalue weighted by atomic mass is 9.80. The van der Waals surface area contributed by atoms with Gasteiger partial charge in [-0.2, -0.15) is 0 Å². The molecule has 3 aliphatic heterocycles. The van der Waals surface area contributed by atoms with Crippen LogP contribution in [-0.2, 0) is 19.2 Å². The first-order valence-corrected chi connectivity index (χ1v) is 5.94. The molecular formula is C11H13N3O4. The largest absolute Gasteiger partial charge is 0.314 e. The van der Waals surface area contributed by atoms with Gasteiger partial charge in [-0.25, -0.2) is 0 Å². The molecule has 0 bridgehead atoms. The summed E-state index contributed by atoms with van der Waals surface area (Å²) in [5, 5.41) is 5.15. The van der Waals surface area contributed by atoms with Crippen molar-refractivity contribution in [1.82, 2.24) is 15.5 Å². The third-order valence-corrected chi connectivity index (χ3v) is 3.88. The van der Waals surface area contributed by atoms with Crippen LogP contribution in [0.2, 0.25) is 0 Å². The average Bonchev–Trinajstić information content (AvgIpc) is 2.52. The number of likely N-dealkylation sites (tertiary alicyclic amines) is 1. The highest BCUT2D eigenvalue weighted by molar-refractivity contribution is 6.11. The average molecular weight is 251 g/mol. The smallest absolute Gasteiger partial charge is 0.249 e. The predicted molar refractivity (Wildman–Crippen MR) is 57.9 cm³/mol. The second-order valence-corrected chi connectivity index (χ2v) is 5.10. The van der Waals surface area contributed by atoms with E-state index in [-0.39, 0.29) is 37.0 Å². The van der Waals surface area contributed by atoms with Gasteiger partial charge in [-0.15, -0.1) is 0 Å². The first-order chi connectivity index (χ1) is 8.53. The van der Waals surface area contributed by atoms with E-state index >= 15 is 0 Å². The van der Waals surface area contributed by atoms with Crippen LogP contribution < -0.4 is 10.6 Å². The van der Waals surface area contributed by atoms with Gasteiger partial charge in [0.05, 0.1) is 5.41 Å². The second-order valence-electron chi connectivity index (χ2n) is 5.10. The Morgan fingerprint density at radius 1 is 1.17 bits per heavy atom. The summed E-state index contributed by atoms with van der Waals surface area (Å²) in [5.41, 5.74) is -0.640. The van der Waals surface area contributed by atoms with E-state index in [4.69, 9.17) is 0 Å². The van der Waals surface area contributed by atoms with Crippen molar-refractivity contribution >= 4 is 23.6 Å². The minimum Gasteiger partial charge on any atom is -0.314 e. The molecule has 3 rings (SSSR count). The van der Waals surface area contributed by atoms with E-state index in [1.165, 1.54) is 0 Å². The number of imide groups is 2. The van der Waals surface area contributed by atoms with Crippen molar-refractivity contribution in [2.75, 3.05) is 13.1 Å². The number of nitrogens with one attached hydrogen (secondary N) is 2. The van der Waals surface area contributed by atoms with E-state index in [1.54, 1.807) is 0 Å². The molecule has 0 saturated carbocycles. The van der Waals surface area contributed by atoms with Crippen LogP contribution in [0.15, 0.2) is 0 Å². The summed E-state index contributed by atoms with van der Waals surface area (Å²) in [6.45, 7) is 0.975. The summed E-state index contributed by atoms with van der Waals surface area (Å²) in [7, 11) is 0. The minimum atomic E-state index is -0.817. The second kappa shape index (κ2) is 3.61. The van der Waals surface area contributed by atoms with Gasteiger partial charge < -0.3 is 5.32 Å². The van der Waals surface area contributed by atoms with Gasteiger partial charge >= 0.3 is 0 Å². The number of amides is 4. The molecule has 0 radical (unpaired) electrons. The van der Waals surface area contributed by atoms with Gasteiger partial charge in [0.25, 0.3) is 0 Å². The van der Waals surface area contributed by atoms with Crippen molar-refractivity contribution in [3.05, 3.63) is 0 Å². The maximum absolute atomic E-state index is 12.2. The molecule has 1 atom stereocenters. The highest BCUT2D eigenvalue weighted by Crippen LogP contribution is 2.38. The summed E-state index contributed by atoms with van der Waals surface area (Å²) in [4.78, 5) is 48.0. The Morgan fingerprint density at radius 3 is 2.39 bits per heavy atom. The molecule has 2 N–H and O–H groups in total. The quantitative estimate of drug-likeness (QED) is 0.533. The Morgan fingerprint density at radius 2 is 1.89 bits per heavy atom. The van der Waals surface area contributed by atoms with Crippen LogP contribution in [0.4, 0.5) is 0 Å².